The first-order valence-electron chi connectivity index (χ1n) is 5.97. The summed E-state index contributed by atoms with van der Waals surface area (Å²) in [5.41, 5.74) is -1.18. The van der Waals surface area contributed by atoms with Gasteiger partial charge in [0.05, 0.1) is 30.2 Å². The van der Waals surface area contributed by atoms with Crippen molar-refractivity contribution in [2.75, 3.05) is 25.5 Å². The number of hydrogen-bond donors (Lipinski definition) is 2. The van der Waals surface area contributed by atoms with Crippen LogP contribution in [0.4, 0.5) is 15.8 Å². The maximum absolute atomic E-state index is 13.6. The molecule has 0 radical (unpaired) electrons. The van der Waals surface area contributed by atoms with Gasteiger partial charge in [-0.1, -0.05) is 0 Å². The zero-order valence-corrected chi connectivity index (χ0v) is 11.4. The number of hydrogen-bond acceptors (Lipinski definition) is 6. The van der Waals surface area contributed by atoms with E-state index in [2.05, 4.69) is 15.4 Å². The second-order valence-corrected chi connectivity index (χ2v) is 3.90. The molecule has 0 heterocycles. The van der Waals surface area contributed by atoms with Crippen molar-refractivity contribution in [2.24, 2.45) is 0 Å². The molecule has 0 fully saturated rings. The summed E-state index contributed by atoms with van der Waals surface area (Å²) >= 11 is 0. The highest BCUT2D eigenvalue weighted by Gasteiger charge is 2.22. The molecule has 0 saturated heterocycles. The van der Waals surface area contributed by atoms with Gasteiger partial charge in [0.1, 0.15) is 11.5 Å². The van der Waals surface area contributed by atoms with Crippen LogP contribution in [0.1, 0.15) is 17.3 Å². The minimum Gasteiger partial charge on any atom is -0.465 e. The molecule has 1 aromatic rings. The highest BCUT2D eigenvalue weighted by atomic mass is 19.1. The van der Waals surface area contributed by atoms with Crippen LogP contribution in [0, 0.1) is 15.9 Å². The Bertz CT molecular complexity index is 576. The van der Waals surface area contributed by atoms with Crippen LogP contribution in [0.25, 0.3) is 0 Å². The number of halogens is 1. The number of nitro groups is 1. The standard InChI is InChI=1S/C12H14FN3O5/c1-3-14-11(17)6-15-9-4-7(12(18)21-2)8(13)5-10(9)16(19)20/h4-5,15H,3,6H2,1-2H3,(H,14,17). The lowest BCUT2D eigenvalue weighted by Crippen LogP contribution is -2.29. The number of anilines is 1. The Kier molecular flexibility index (Phi) is 5.58. The van der Waals surface area contributed by atoms with E-state index >= 15 is 0 Å². The van der Waals surface area contributed by atoms with Crippen LogP contribution in [0.15, 0.2) is 12.1 Å². The number of nitro benzene ring substituents is 1. The Morgan fingerprint density at radius 2 is 2.10 bits per heavy atom. The molecule has 0 spiro atoms. The second-order valence-electron chi connectivity index (χ2n) is 3.90. The van der Waals surface area contributed by atoms with Gasteiger partial charge in [-0.2, -0.15) is 0 Å². The van der Waals surface area contributed by atoms with Gasteiger partial charge in [-0.05, 0) is 13.0 Å². The van der Waals surface area contributed by atoms with E-state index < -0.39 is 33.9 Å². The largest absolute Gasteiger partial charge is 0.465 e. The Labute approximate surface area is 119 Å². The first-order valence-corrected chi connectivity index (χ1v) is 5.97. The number of nitrogens with one attached hydrogen (secondary N) is 2. The lowest BCUT2D eigenvalue weighted by Gasteiger charge is -2.09. The van der Waals surface area contributed by atoms with E-state index in [-0.39, 0.29) is 12.2 Å². The van der Waals surface area contributed by atoms with Crippen molar-refractivity contribution in [3.8, 4) is 0 Å². The molecule has 0 aromatic heterocycles. The predicted molar refractivity (Wildman–Crippen MR) is 71.6 cm³/mol. The molecule has 1 rings (SSSR count). The molecular weight excluding hydrogens is 285 g/mol. The molecule has 0 aliphatic heterocycles. The van der Waals surface area contributed by atoms with Crippen LogP contribution in [0.2, 0.25) is 0 Å². The van der Waals surface area contributed by atoms with Crippen molar-refractivity contribution < 1.29 is 23.6 Å². The Morgan fingerprint density at radius 1 is 1.43 bits per heavy atom. The number of benzene rings is 1. The van der Waals surface area contributed by atoms with Gasteiger partial charge >= 0.3 is 5.97 Å². The number of carbonyl (C=O) groups is 2. The molecule has 8 nitrogen and oxygen atoms in total. The third-order valence-corrected chi connectivity index (χ3v) is 2.50. The average Bonchev–Trinajstić information content (AvgIpc) is 2.44. The second kappa shape index (κ2) is 7.17. The summed E-state index contributed by atoms with van der Waals surface area (Å²) in [6.45, 7) is 1.87. The molecule has 0 aliphatic carbocycles. The smallest absolute Gasteiger partial charge is 0.340 e. The molecule has 114 valence electrons. The summed E-state index contributed by atoms with van der Waals surface area (Å²) in [6, 6.07) is 1.55. The van der Waals surface area contributed by atoms with Gasteiger partial charge < -0.3 is 15.4 Å². The first kappa shape index (κ1) is 16.3. The SMILES string of the molecule is CCNC(=O)CNc1cc(C(=O)OC)c(F)cc1[N+](=O)[O-]. The van der Waals surface area contributed by atoms with Crippen LogP contribution in [-0.2, 0) is 9.53 Å². The molecule has 0 bridgehead atoms. The number of nitrogens with zero attached hydrogens (tertiary/aromatic N) is 1. The molecule has 0 atom stereocenters. The van der Waals surface area contributed by atoms with E-state index in [1.807, 2.05) is 0 Å². The third-order valence-electron chi connectivity index (χ3n) is 2.50. The van der Waals surface area contributed by atoms with Gasteiger partial charge in [0.15, 0.2) is 0 Å². The number of likely N-dealkylation sites (N-methyl/N-ethyl adjacent to an activating group) is 1. The van der Waals surface area contributed by atoms with Crippen molar-refractivity contribution in [1.29, 1.82) is 0 Å². The molecule has 0 saturated carbocycles. The van der Waals surface area contributed by atoms with E-state index in [4.69, 9.17) is 0 Å². The van der Waals surface area contributed by atoms with Crippen molar-refractivity contribution in [3.05, 3.63) is 33.6 Å². The van der Waals surface area contributed by atoms with E-state index in [0.717, 1.165) is 13.2 Å². The normalized spacial score (nSPS) is 9.86. The minimum atomic E-state index is -1.07. The predicted octanol–water partition coefficient (Wildman–Crippen LogP) is 1.07. The van der Waals surface area contributed by atoms with Crippen molar-refractivity contribution in [2.45, 2.75) is 6.92 Å². The quantitative estimate of drug-likeness (QED) is 0.462. The van der Waals surface area contributed by atoms with E-state index in [0.29, 0.717) is 12.6 Å². The van der Waals surface area contributed by atoms with Crippen LogP contribution in [-0.4, -0.2) is 37.0 Å². The summed E-state index contributed by atoms with van der Waals surface area (Å²) < 4.78 is 18.0. The van der Waals surface area contributed by atoms with Gasteiger partial charge in [0.2, 0.25) is 5.91 Å². The number of rotatable bonds is 6. The van der Waals surface area contributed by atoms with Gasteiger partial charge in [-0.15, -0.1) is 0 Å². The maximum atomic E-state index is 13.6. The lowest BCUT2D eigenvalue weighted by atomic mass is 10.1. The third kappa shape index (κ3) is 4.13. The summed E-state index contributed by atoms with van der Waals surface area (Å²) in [5.74, 6) is -2.43. The molecule has 2 N–H and O–H groups in total. The van der Waals surface area contributed by atoms with Crippen molar-refractivity contribution >= 4 is 23.3 Å². The van der Waals surface area contributed by atoms with E-state index in [1.165, 1.54) is 0 Å². The van der Waals surface area contributed by atoms with Gasteiger partial charge in [-0.3, -0.25) is 14.9 Å². The van der Waals surface area contributed by atoms with E-state index in [1.54, 1.807) is 6.92 Å². The molecule has 1 amide bonds. The molecule has 0 unspecified atom stereocenters. The zero-order valence-electron chi connectivity index (χ0n) is 11.4. The zero-order chi connectivity index (χ0) is 16.0. The molecule has 0 aliphatic rings. The van der Waals surface area contributed by atoms with Gasteiger partial charge in [0, 0.05) is 6.54 Å². The monoisotopic (exact) mass is 299 g/mol. The molecule has 21 heavy (non-hydrogen) atoms. The number of ether oxygens (including phenoxy) is 1. The maximum Gasteiger partial charge on any atom is 0.340 e. The molecule has 1 aromatic carbocycles. The van der Waals surface area contributed by atoms with E-state index in [9.17, 15) is 24.1 Å². The summed E-state index contributed by atoms with van der Waals surface area (Å²) in [4.78, 5) is 32.8. The van der Waals surface area contributed by atoms with Crippen LogP contribution >= 0.6 is 0 Å². The fourth-order valence-corrected chi connectivity index (χ4v) is 1.56. The fourth-order valence-electron chi connectivity index (χ4n) is 1.56. The van der Waals surface area contributed by atoms with Crippen LogP contribution in [0.5, 0.6) is 0 Å². The summed E-state index contributed by atoms with van der Waals surface area (Å²) in [7, 11) is 1.06. The van der Waals surface area contributed by atoms with Gasteiger partial charge in [0.25, 0.3) is 5.69 Å². The topological polar surface area (TPSA) is 111 Å². The Morgan fingerprint density at radius 3 is 2.62 bits per heavy atom. The van der Waals surface area contributed by atoms with Crippen molar-refractivity contribution in [3.63, 3.8) is 0 Å². The van der Waals surface area contributed by atoms with Gasteiger partial charge in [-0.25, -0.2) is 9.18 Å². The van der Waals surface area contributed by atoms with Crippen LogP contribution in [0.3, 0.4) is 0 Å². The molecular formula is C12H14FN3O5. The number of carbonyl (C=O) groups excluding carboxylic acids is 2. The van der Waals surface area contributed by atoms with Crippen molar-refractivity contribution in [1.82, 2.24) is 5.32 Å². The number of esters is 1. The average molecular weight is 299 g/mol. The number of amides is 1. The highest BCUT2D eigenvalue weighted by Crippen LogP contribution is 2.28. The fraction of sp³-hybridized carbons (Fsp3) is 0.333. The molecule has 9 heteroatoms. The minimum absolute atomic E-state index is 0.145. The summed E-state index contributed by atoms with van der Waals surface area (Å²) in [5, 5.41) is 15.9. The highest BCUT2D eigenvalue weighted by molar-refractivity contribution is 5.92. The Hall–Kier alpha value is -2.71. The Balaban J connectivity index is 3.11. The van der Waals surface area contributed by atoms with Crippen LogP contribution < -0.4 is 10.6 Å². The first-order chi connectivity index (χ1) is 9.90. The number of methoxy groups -OCH3 is 1. The summed E-state index contributed by atoms with van der Waals surface area (Å²) in [6.07, 6.45) is 0. The lowest BCUT2D eigenvalue weighted by molar-refractivity contribution is -0.384.